The van der Waals surface area contributed by atoms with Crippen molar-refractivity contribution in [1.82, 2.24) is 0 Å². The molecule has 0 fully saturated rings. The van der Waals surface area contributed by atoms with Crippen LogP contribution in [0.2, 0.25) is 0 Å². The number of carbonyl (C=O) groups excluding carboxylic acids is 1. The maximum atomic E-state index is 9.17. The number of nitrogens with zero attached hydrogens (tertiary/aromatic N) is 2. The molecular formula is CH2N3O-. The molecule has 0 rings (SSSR count). The molecule has 4 heteroatoms. The molecule has 0 aliphatic heterocycles. The summed E-state index contributed by atoms with van der Waals surface area (Å²) in [5.74, 6) is 0. The number of urea groups is 1. The van der Waals surface area contributed by atoms with Gasteiger partial charge in [0.15, 0.2) is 0 Å². The fourth-order valence-electron chi connectivity index (χ4n) is 0. The molecule has 2 N–H and O–H groups in total. The second-order valence-corrected chi connectivity index (χ2v) is 0.438. The van der Waals surface area contributed by atoms with Crippen LogP contribution in [0.1, 0.15) is 0 Å². The lowest BCUT2D eigenvalue weighted by Gasteiger charge is -1.76. The zero-order chi connectivity index (χ0) is 4.28. The highest BCUT2D eigenvalue weighted by Crippen LogP contribution is 1.57. The molecule has 0 aromatic heterocycles. The number of amides is 2. The second kappa shape index (κ2) is 1.40. The number of hydrogen-bond acceptors (Lipinski definition) is 1. The maximum absolute atomic E-state index is 9.17. The normalized spacial score (nSPS) is 6.40. The van der Waals surface area contributed by atoms with Gasteiger partial charge in [0.1, 0.15) is 0 Å². The van der Waals surface area contributed by atoms with Gasteiger partial charge in [-0.3, -0.25) is 0 Å². The standard InChI is InChI=1S/CH2N3O/c2-1(5)4-3/h(H2,2,5)/q-1. The summed E-state index contributed by atoms with van der Waals surface area (Å²) in [6.45, 7) is 0. The number of rotatable bonds is 0. The molecule has 0 radical (unpaired) electrons. The number of nitrogens with two attached hydrogens (primary N) is 1. The van der Waals surface area contributed by atoms with Gasteiger partial charge in [0.05, 0.1) is 0 Å². The summed E-state index contributed by atoms with van der Waals surface area (Å²) >= 11 is 0. The summed E-state index contributed by atoms with van der Waals surface area (Å²) in [6, 6.07) is -1.06. The van der Waals surface area contributed by atoms with E-state index in [1.54, 1.807) is 0 Å². The van der Waals surface area contributed by atoms with E-state index in [1.807, 2.05) is 5.11 Å². The van der Waals surface area contributed by atoms with E-state index in [4.69, 9.17) is 5.53 Å². The first-order valence-corrected chi connectivity index (χ1v) is 0.916. The minimum absolute atomic E-state index is 1.06. The smallest absolute Gasteiger partial charge is 0.317 e. The average molecular weight is 72.0 g/mol. The van der Waals surface area contributed by atoms with Crippen LogP contribution in [-0.4, -0.2) is 6.03 Å². The molecular weight excluding hydrogens is 70.0 g/mol. The van der Waals surface area contributed by atoms with Crippen molar-refractivity contribution < 1.29 is 4.79 Å². The van der Waals surface area contributed by atoms with Crippen LogP contribution in [-0.2, 0) is 0 Å². The Morgan fingerprint density at radius 3 is 2.20 bits per heavy atom. The van der Waals surface area contributed by atoms with Crippen LogP contribution in [0.3, 0.4) is 0 Å². The fraction of sp³-hybridized carbons (Fsp3) is 0. The topological polar surface area (TPSA) is 77.8 Å². The van der Waals surface area contributed by atoms with Crippen molar-refractivity contribution in [2.75, 3.05) is 0 Å². The summed E-state index contributed by atoms with van der Waals surface area (Å²) in [5.41, 5.74) is 11.5. The van der Waals surface area contributed by atoms with Crippen LogP contribution < -0.4 is 5.73 Å². The van der Waals surface area contributed by atoms with Crippen LogP contribution in [0.25, 0.3) is 5.53 Å². The SMILES string of the molecule is [N-]=NC(N)=O. The Morgan fingerprint density at radius 2 is 2.20 bits per heavy atom. The summed E-state index contributed by atoms with van der Waals surface area (Å²) in [5, 5.41) is 2.03. The number of hydrogen-bond donors (Lipinski definition) is 1. The van der Waals surface area contributed by atoms with Crippen LogP contribution in [0.5, 0.6) is 0 Å². The van der Waals surface area contributed by atoms with Crippen LogP contribution in [0.15, 0.2) is 5.11 Å². The van der Waals surface area contributed by atoms with Gasteiger partial charge in [0, 0.05) is 0 Å². The van der Waals surface area contributed by atoms with E-state index >= 15 is 0 Å². The van der Waals surface area contributed by atoms with Gasteiger partial charge in [-0.25, -0.2) is 4.79 Å². The Hall–Kier alpha value is -0.930. The lowest BCUT2D eigenvalue weighted by Crippen LogP contribution is -2.00. The predicted octanol–water partition coefficient (Wildman–Crippen LogP) is 0.0867. The Labute approximate surface area is 28.5 Å². The van der Waals surface area contributed by atoms with Gasteiger partial charge in [-0.15, -0.1) is 0 Å². The lowest BCUT2D eigenvalue weighted by atomic mass is 11.2. The summed E-state index contributed by atoms with van der Waals surface area (Å²) in [6.07, 6.45) is 0. The highest BCUT2D eigenvalue weighted by Gasteiger charge is 1.65. The molecule has 0 heterocycles. The highest BCUT2D eigenvalue weighted by atomic mass is 16.2. The minimum Gasteiger partial charge on any atom is -0.702 e. The largest absolute Gasteiger partial charge is 0.702 e. The van der Waals surface area contributed by atoms with Crippen molar-refractivity contribution >= 4 is 6.03 Å². The Morgan fingerprint density at radius 1 is 2.00 bits per heavy atom. The third-order valence-electron chi connectivity index (χ3n) is 0.0986. The maximum Gasteiger partial charge on any atom is 0.317 e. The molecule has 0 aromatic rings. The van der Waals surface area contributed by atoms with Crippen molar-refractivity contribution in [2.45, 2.75) is 0 Å². The first kappa shape index (κ1) is 4.07. The van der Waals surface area contributed by atoms with Crippen molar-refractivity contribution in [3.63, 3.8) is 0 Å². The van der Waals surface area contributed by atoms with Crippen LogP contribution in [0, 0.1) is 0 Å². The average Bonchev–Trinajstić information content (AvgIpc) is 1.38. The fourth-order valence-corrected chi connectivity index (χ4v) is 0. The minimum atomic E-state index is -1.06. The quantitative estimate of drug-likeness (QED) is 0.404. The molecule has 2 amide bonds. The van der Waals surface area contributed by atoms with E-state index in [0.29, 0.717) is 0 Å². The molecule has 0 bridgehead atoms. The molecule has 0 aliphatic rings. The van der Waals surface area contributed by atoms with Gasteiger partial charge in [-0.2, -0.15) is 0 Å². The van der Waals surface area contributed by atoms with Crippen LogP contribution in [0.4, 0.5) is 4.79 Å². The van der Waals surface area contributed by atoms with E-state index in [0.717, 1.165) is 0 Å². The molecule has 0 aliphatic carbocycles. The molecule has 4 nitrogen and oxygen atoms in total. The first-order chi connectivity index (χ1) is 2.27. The Kier molecular flexibility index (Phi) is 1.14. The Bertz CT molecular complexity index is 57.9. The third-order valence-corrected chi connectivity index (χ3v) is 0.0986. The molecule has 0 saturated heterocycles. The predicted molar refractivity (Wildman–Crippen MR) is 15.4 cm³/mol. The molecule has 0 unspecified atom stereocenters. The van der Waals surface area contributed by atoms with Gasteiger partial charge < -0.3 is 16.4 Å². The second-order valence-electron chi connectivity index (χ2n) is 0.438. The third kappa shape index (κ3) is 3.07. The first-order valence-electron chi connectivity index (χ1n) is 0.916. The zero-order valence-electron chi connectivity index (χ0n) is 2.38. The zero-order valence-corrected chi connectivity index (χ0v) is 2.38. The van der Waals surface area contributed by atoms with E-state index in [1.165, 1.54) is 0 Å². The number of carbonyl (C=O) groups is 1. The lowest BCUT2D eigenvalue weighted by molar-refractivity contribution is 0.256. The summed E-state index contributed by atoms with van der Waals surface area (Å²) in [7, 11) is 0. The molecule has 5 heavy (non-hydrogen) atoms. The van der Waals surface area contributed by atoms with Gasteiger partial charge in [-0.1, -0.05) is 0 Å². The van der Waals surface area contributed by atoms with Gasteiger partial charge in [0.25, 0.3) is 0 Å². The molecule has 0 spiro atoms. The van der Waals surface area contributed by atoms with Gasteiger partial charge >= 0.3 is 6.03 Å². The highest BCUT2D eigenvalue weighted by molar-refractivity contribution is 5.72. The molecule has 28 valence electrons. The van der Waals surface area contributed by atoms with E-state index in [9.17, 15) is 4.79 Å². The van der Waals surface area contributed by atoms with E-state index < -0.39 is 6.03 Å². The van der Waals surface area contributed by atoms with Gasteiger partial charge in [-0.05, 0) is 0 Å². The summed E-state index contributed by atoms with van der Waals surface area (Å²) < 4.78 is 0. The summed E-state index contributed by atoms with van der Waals surface area (Å²) in [4.78, 5) is 9.17. The monoisotopic (exact) mass is 72.0 g/mol. The van der Waals surface area contributed by atoms with Crippen molar-refractivity contribution in [2.24, 2.45) is 10.8 Å². The molecule has 0 aromatic carbocycles. The van der Waals surface area contributed by atoms with Crippen LogP contribution >= 0.6 is 0 Å². The van der Waals surface area contributed by atoms with E-state index in [-0.39, 0.29) is 0 Å². The molecule has 0 atom stereocenters. The number of primary amides is 1. The van der Waals surface area contributed by atoms with Crippen molar-refractivity contribution in [3.8, 4) is 0 Å². The Balaban J connectivity index is 3.20. The molecule has 0 saturated carbocycles. The van der Waals surface area contributed by atoms with E-state index in [2.05, 4.69) is 5.73 Å². The van der Waals surface area contributed by atoms with Crippen molar-refractivity contribution in [3.05, 3.63) is 5.53 Å². The van der Waals surface area contributed by atoms with Crippen molar-refractivity contribution in [1.29, 1.82) is 0 Å². The van der Waals surface area contributed by atoms with Gasteiger partial charge in [0.2, 0.25) is 0 Å².